The zero-order valence-electron chi connectivity index (χ0n) is 8.90. The van der Waals surface area contributed by atoms with Gasteiger partial charge < -0.3 is 16.2 Å². The van der Waals surface area contributed by atoms with E-state index in [-0.39, 0.29) is 5.56 Å². The molecule has 1 aromatic carbocycles. The van der Waals surface area contributed by atoms with E-state index in [0.717, 1.165) is 0 Å². The second-order valence-corrected chi connectivity index (χ2v) is 4.87. The monoisotopic (exact) mass is 242 g/mol. The van der Waals surface area contributed by atoms with Gasteiger partial charge in [-0.2, -0.15) is 0 Å². The van der Waals surface area contributed by atoms with Gasteiger partial charge in [0, 0.05) is 40.7 Å². The van der Waals surface area contributed by atoms with E-state index in [4.69, 9.17) is 10.8 Å². The number of nitrogens with two attached hydrogens (primary N) is 1. The fraction of sp³-hybridized carbons (Fsp3) is 0.300. The zero-order valence-corrected chi connectivity index (χ0v) is 9.71. The topological polar surface area (TPSA) is 92.4 Å². The van der Waals surface area contributed by atoms with Gasteiger partial charge in [0.2, 0.25) is 0 Å². The van der Waals surface area contributed by atoms with Crippen LogP contribution in [-0.4, -0.2) is 33.8 Å². The number of nitrogen functional groups attached to an aromatic ring is 1. The van der Waals surface area contributed by atoms with E-state index in [1.807, 2.05) is 0 Å². The molecule has 0 aliphatic carbocycles. The molecule has 1 atom stereocenters. The lowest BCUT2D eigenvalue weighted by Crippen LogP contribution is -2.13. The van der Waals surface area contributed by atoms with Gasteiger partial charge >= 0.3 is 5.97 Å². The van der Waals surface area contributed by atoms with Crippen LogP contribution in [0.2, 0.25) is 0 Å². The van der Waals surface area contributed by atoms with Crippen LogP contribution < -0.4 is 11.1 Å². The van der Waals surface area contributed by atoms with Gasteiger partial charge in [-0.3, -0.25) is 4.21 Å². The van der Waals surface area contributed by atoms with Crippen molar-refractivity contribution in [2.24, 2.45) is 0 Å². The number of aromatic carboxylic acids is 1. The Morgan fingerprint density at radius 1 is 1.56 bits per heavy atom. The first kappa shape index (κ1) is 12.5. The molecule has 0 radical (unpaired) electrons. The van der Waals surface area contributed by atoms with E-state index in [0.29, 0.717) is 23.7 Å². The van der Waals surface area contributed by atoms with E-state index in [1.165, 1.54) is 6.07 Å². The Hall–Kier alpha value is -1.56. The van der Waals surface area contributed by atoms with Crippen molar-refractivity contribution in [1.82, 2.24) is 0 Å². The lowest BCUT2D eigenvalue weighted by atomic mass is 10.1. The molecule has 0 saturated heterocycles. The summed E-state index contributed by atoms with van der Waals surface area (Å²) >= 11 is 0. The van der Waals surface area contributed by atoms with Crippen molar-refractivity contribution in [3.63, 3.8) is 0 Å². The van der Waals surface area contributed by atoms with Crippen LogP contribution in [0.1, 0.15) is 10.4 Å². The molecule has 6 heteroatoms. The predicted molar refractivity (Wildman–Crippen MR) is 65.2 cm³/mol. The molecule has 0 aliphatic heterocycles. The predicted octanol–water partition coefficient (Wildman–Crippen LogP) is 0.757. The largest absolute Gasteiger partial charge is 0.478 e. The molecule has 16 heavy (non-hydrogen) atoms. The van der Waals surface area contributed by atoms with Crippen LogP contribution in [-0.2, 0) is 10.8 Å². The fourth-order valence-electron chi connectivity index (χ4n) is 1.22. The van der Waals surface area contributed by atoms with Crippen LogP contribution in [0, 0.1) is 0 Å². The summed E-state index contributed by atoms with van der Waals surface area (Å²) in [6.07, 6.45) is 1.60. The van der Waals surface area contributed by atoms with Gasteiger partial charge in [-0.05, 0) is 18.2 Å². The first-order valence-electron chi connectivity index (χ1n) is 4.67. The number of nitrogens with one attached hydrogen (secondary N) is 1. The second kappa shape index (κ2) is 5.50. The third kappa shape index (κ3) is 3.54. The molecule has 88 valence electrons. The molecule has 0 fully saturated rings. The summed E-state index contributed by atoms with van der Waals surface area (Å²) in [6, 6.07) is 4.63. The highest BCUT2D eigenvalue weighted by molar-refractivity contribution is 7.84. The number of benzene rings is 1. The molecule has 0 spiro atoms. The first-order valence-corrected chi connectivity index (χ1v) is 6.40. The number of carboxylic acids is 1. The van der Waals surface area contributed by atoms with Crippen molar-refractivity contribution in [1.29, 1.82) is 0 Å². The molecule has 1 aromatic rings. The van der Waals surface area contributed by atoms with Crippen molar-refractivity contribution in [2.75, 3.05) is 29.6 Å². The molecule has 0 heterocycles. The van der Waals surface area contributed by atoms with Crippen LogP contribution >= 0.6 is 0 Å². The van der Waals surface area contributed by atoms with Crippen LogP contribution in [0.5, 0.6) is 0 Å². The van der Waals surface area contributed by atoms with E-state index in [1.54, 1.807) is 18.4 Å². The lowest BCUT2D eigenvalue weighted by molar-refractivity contribution is 0.0698. The average molecular weight is 242 g/mol. The maximum Gasteiger partial charge on any atom is 0.337 e. The quantitative estimate of drug-likeness (QED) is 0.663. The van der Waals surface area contributed by atoms with Crippen molar-refractivity contribution in [3.8, 4) is 0 Å². The van der Waals surface area contributed by atoms with Crippen molar-refractivity contribution in [2.45, 2.75) is 0 Å². The first-order chi connectivity index (χ1) is 7.50. The molecule has 0 aliphatic rings. The molecule has 1 unspecified atom stereocenters. The highest BCUT2D eigenvalue weighted by Crippen LogP contribution is 2.18. The van der Waals surface area contributed by atoms with Gasteiger partial charge in [0.05, 0.1) is 5.56 Å². The minimum absolute atomic E-state index is 0.127. The molecular weight excluding hydrogens is 228 g/mol. The Morgan fingerprint density at radius 2 is 2.25 bits per heavy atom. The second-order valence-electron chi connectivity index (χ2n) is 3.31. The average Bonchev–Trinajstić information content (AvgIpc) is 2.19. The van der Waals surface area contributed by atoms with Crippen LogP contribution in [0.4, 0.5) is 11.4 Å². The minimum Gasteiger partial charge on any atom is -0.478 e. The van der Waals surface area contributed by atoms with Crippen LogP contribution in [0.3, 0.4) is 0 Å². The van der Waals surface area contributed by atoms with Crippen molar-refractivity contribution >= 4 is 28.1 Å². The summed E-state index contributed by atoms with van der Waals surface area (Å²) in [5, 5.41) is 11.9. The van der Waals surface area contributed by atoms with E-state index < -0.39 is 16.8 Å². The maximum absolute atomic E-state index is 10.9. The third-order valence-electron chi connectivity index (χ3n) is 1.98. The van der Waals surface area contributed by atoms with E-state index in [9.17, 15) is 9.00 Å². The van der Waals surface area contributed by atoms with Gasteiger partial charge in [0.25, 0.3) is 0 Å². The number of rotatable bonds is 5. The van der Waals surface area contributed by atoms with Crippen LogP contribution in [0.25, 0.3) is 0 Å². The Bertz CT molecular complexity index is 421. The molecule has 5 nitrogen and oxygen atoms in total. The van der Waals surface area contributed by atoms with Gasteiger partial charge in [0.15, 0.2) is 0 Å². The Kier molecular flexibility index (Phi) is 4.30. The van der Waals surface area contributed by atoms with Gasteiger partial charge in [-0.1, -0.05) is 0 Å². The highest BCUT2D eigenvalue weighted by Gasteiger charge is 2.09. The number of carbonyl (C=O) groups is 1. The third-order valence-corrected chi connectivity index (χ3v) is 2.76. The lowest BCUT2D eigenvalue weighted by Gasteiger charge is -2.09. The highest BCUT2D eigenvalue weighted by atomic mass is 32.2. The fourth-order valence-corrected chi connectivity index (χ4v) is 1.61. The van der Waals surface area contributed by atoms with Crippen LogP contribution in [0.15, 0.2) is 18.2 Å². The molecular formula is C10H14N2O3S. The van der Waals surface area contributed by atoms with Gasteiger partial charge in [-0.15, -0.1) is 0 Å². The Labute approximate surface area is 96.1 Å². The van der Waals surface area contributed by atoms with Gasteiger partial charge in [0.1, 0.15) is 0 Å². The minimum atomic E-state index is -1.03. The summed E-state index contributed by atoms with van der Waals surface area (Å²) in [4.78, 5) is 10.9. The molecule has 4 N–H and O–H groups in total. The number of hydrogen-bond donors (Lipinski definition) is 3. The molecule has 1 rings (SSSR count). The van der Waals surface area contributed by atoms with Crippen molar-refractivity contribution < 1.29 is 14.1 Å². The summed E-state index contributed by atoms with van der Waals surface area (Å²) in [5.41, 5.74) is 6.53. The maximum atomic E-state index is 10.9. The standard InChI is InChI=1S/C10H14N2O3S/c1-16(15)5-4-12-9-3-2-7(11)6-8(9)10(13)14/h2-3,6,12H,4-5,11H2,1H3,(H,13,14). The molecule has 0 saturated carbocycles. The van der Waals surface area contributed by atoms with E-state index >= 15 is 0 Å². The number of anilines is 2. The Balaban J connectivity index is 2.78. The molecule has 0 aromatic heterocycles. The van der Waals surface area contributed by atoms with Crippen molar-refractivity contribution in [3.05, 3.63) is 23.8 Å². The summed E-state index contributed by atoms with van der Waals surface area (Å²) in [5.74, 6) is -0.559. The number of carboxylic acid groups (broad SMARTS) is 1. The summed E-state index contributed by atoms with van der Waals surface area (Å²) in [7, 11) is -0.896. The molecule has 0 bridgehead atoms. The normalized spacial score (nSPS) is 12.1. The Morgan fingerprint density at radius 3 is 2.81 bits per heavy atom. The summed E-state index contributed by atoms with van der Waals surface area (Å²) < 4.78 is 10.8. The number of hydrogen-bond acceptors (Lipinski definition) is 4. The molecule has 0 amide bonds. The zero-order chi connectivity index (χ0) is 12.1. The smallest absolute Gasteiger partial charge is 0.337 e. The SMILES string of the molecule is CS(=O)CCNc1ccc(N)cc1C(=O)O. The van der Waals surface area contributed by atoms with E-state index in [2.05, 4.69) is 5.32 Å². The summed E-state index contributed by atoms with van der Waals surface area (Å²) in [6.45, 7) is 0.466. The van der Waals surface area contributed by atoms with Gasteiger partial charge in [-0.25, -0.2) is 4.79 Å².